The second-order valence-corrected chi connectivity index (χ2v) is 18.3. The summed E-state index contributed by atoms with van der Waals surface area (Å²) in [4.78, 5) is 73.7. The fourth-order valence-electron chi connectivity index (χ4n) is 9.35. The number of carbonyl (C=O) groups is 5. The van der Waals surface area contributed by atoms with Crippen molar-refractivity contribution in [2.75, 3.05) is 42.5 Å². The maximum atomic E-state index is 15.0. The van der Waals surface area contributed by atoms with Gasteiger partial charge in [-0.25, -0.2) is 9.18 Å². The molecule has 65 heavy (non-hydrogen) atoms. The van der Waals surface area contributed by atoms with Crippen LogP contribution in [0, 0.1) is 35.4 Å². The third kappa shape index (κ3) is 13.0. The van der Waals surface area contributed by atoms with Crippen LogP contribution in [0.3, 0.4) is 0 Å². The monoisotopic (exact) mass is 912 g/mol. The van der Waals surface area contributed by atoms with E-state index in [1.807, 2.05) is 46.4 Å². The fraction of sp³-hybridized carbons (Fsp3) is 0.653. The van der Waals surface area contributed by atoms with Crippen molar-refractivity contribution in [2.24, 2.45) is 29.6 Å². The molecule has 1 saturated heterocycles. The number of methoxy groups -OCH3 is 4. The number of nitrogens with zero attached hydrogens (tertiary/aromatic N) is 2. The predicted molar refractivity (Wildman–Crippen MR) is 244 cm³/mol. The van der Waals surface area contributed by atoms with Crippen LogP contribution in [0.4, 0.5) is 4.39 Å². The van der Waals surface area contributed by atoms with Crippen molar-refractivity contribution in [3.8, 4) is 11.5 Å². The van der Waals surface area contributed by atoms with E-state index in [2.05, 4.69) is 16.0 Å². The van der Waals surface area contributed by atoms with Crippen LogP contribution in [0.1, 0.15) is 85.3 Å². The van der Waals surface area contributed by atoms with Gasteiger partial charge in [-0.1, -0.05) is 73.1 Å². The lowest BCUT2D eigenvalue weighted by atomic mass is 9.89. The number of fused-ring (bicyclic) bond motifs is 1. The number of halogens is 1. The summed E-state index contributed by atoms with van der Waals surface area (Å²) in [6.45, 7) is 13.2. The molecule has 16 heteroatoms. The Kier molecular flexibility index (Phi) is 19.6. The zero-order chi connectivity index (χ0) is 48.3. The first-order valence-electron chi connectivity index (χ1n) is 22.9. The molecule has 1 aliphatic heterocycles. The van der Waals surface area contributed by atoms with E-state index in [-0.39, 0.29) is 72.4 Å². The topological polar surface area (TPSA) is 174 Å². The Morgan fingerprint density at radius 1 is 0.846 bits per heavy atom. The molecule has 1 aliphatic carbocycles. The molecule has 0 spiro atoms. The SMILES string of the molecule is CCC(C)C(C(CC(=O)N1[C@H](C(OC)C(C)C(=O)NC(Cc2ccccc2F)C(=O)OCc2ccc(OC)cc2OC)C[C@@H]2C[C@@H]21)OC)N(C)C(=O)C(NC(=O)C(NC)C(C)C)C(C)C. The molecule has 2 fully saturated rings. The van der Waals surface area contributed by atoms with Crippen molar-refractivity contribution < 1.29 is 52.0 Å². The number of amides is 4. The number of nitrogens with one attached hydrogen (secondary N) is 3. The van der Waals surface area contributed by atoms with Crippen LogP contribution >= 0.6 is 0 Å². The molecule has 2 aliphatic rings. The Morgan fingerprint density at radius 2 is 1.52 bits per heavy atom. The average molecular weight is 912 g/mol. The number of rotatable bonds is 25. The molecule has 3 N–H and O–H groups in total. The molecule has 2 aromatic carbocycles. The Bertz CT molecular complexity index is 1930. The number of hydrogen-bond acceptors (Lipinski definition) is 11. The zero-order valence-electron chi connectivity index (χ0n) is 40.6. The number of ether oxygens (including phenoxy) is 5. The molecular weight excluding hydrogens is 838 g/mol. The first-order chi connectivity index (χ1) is 30.9. The number of piperidine rings is 1. The van der Waals surface area contributed by atoms with Crippen LogP contribution in [0.2, 0.25) is 0 Å². The highest BCUT2D eigenvalue weighted by Crippen LogP contribution is 2.50. The molecule has 15 nitrogen and oxygen atoms in total. The number of esters is 1. The van der Waals surface area contributed by atoms with Crippen molar-refractivity contribution in [1.82, 2.24) is 25.8 Å². The summed E-state index contributed by atoms with van der Waals surface area (Å²) < 4.78 is 43.5. The number of carbonyl (C=O) groups excluding carboxylic acids is 5. The number of likely N-dealkylation sites (N-methyl/N-ethyl adjacent to an activating group) is 2. The minimum Gasteiger partial charge on any atom is -0.497 e. The van der Waals surface area contributed by atoms with E-state index in [4.69, 9.17) is 23.7 Å². The molecule has 2 aromatic rings. The lowest BCUT2D eigenvalue weighted by Gasteiger charge is -2.41. The lowest BCUT2D eigenvalue weighted by molar-refractivity contribution is -0.151. The highest BCUT2D eigenvalue weighted by molar-refractivity contribution is 5.90. The Morgan fingerprint density at radius 3 is 2.09 bits per heavy atom. The maximum absolute atomic E-state index is 15.0. The van der Waals surface area contributed by atoms with E-state index in [1.54, 1.807) is 62.3 Å². The van der Waals surface area contributed by atoms with Crippen LogP contribution < -0.4 is 25.4 Å². The molecule has 1 saturated carbocycles. The summed E-state index contributed by atoms with van der Waals surface area (Å²) in [5.74, 6) is -2.48. The molecule has 362 valence electrons. The third-order valence-electron chi connectivity index (χ3n) is 13.4. The van der Waals surface area contributed by atoms with Crippen molar-refractivity contribution in [2.45, 2.75) is 136 Å². The van der Waals surface area contributed by atoms with E-state index >= 15 is 0 Å². The van der Waals surface area contributed by atoms with Gasteiger partial charge in [0.2, 0.25) is 23.6 Å². The van der Waals surface area contributed by atoms with Gasteiger partial charge in [0, 0.05) is 45.4 Å². The molecule has 0 radical (unpaired) electrons. The average Bonchev–Trinajstić information content (AvgIpc) is 3.95. The third-order valence-corrected chi connectivity index (χ3v) is 13.4. The summed E-state index contributed by atoms with van der Waals surface area (Å²) in [6, 6.07) is 7.51. The zero-order valence-corrected chi connectivity index (χ0v) is 40.6. The first-order valence-corrected chi connectivity index (χ1v) is 22.9. The standard InChI is InChI=1S/C49H74FN5O10/c1-14-29(6)44(54(9)48(59)43(28(4)5)53-47(58)42(51-8)27(2)3)40(63-12)25-41(56)55-37-22-33(37)23-38(55)45(64-13)30(7)46(57)52-36(21-31-17-15-16-18-35(31)50)49(60)65-26-32-19-20-34(61-10)24-39(32)62-11/h15-20,24,27-30,33,36-38,40,42-45,51H,14,21-23,25-26H2,1-13H3,(H,52,57)(H,53,58)/t29?,30?,33-,36?,37-,38-,40?,42?,43?,44?,45?/m0/s1. The van der Waals surface area contributed by atoms with E-state index < -0.39 is 66.0 Å². The van der Waals surface area contributed by atoms with E-state index in [1.165, 1.54) is 34.5 Å². The summed E-state index contributed by atoms with van der Waals surface area (Å²) in [7, 11) is 9.47. The van der Waals surface area contributed by atoms with Crippen LogP contribution in [0.25, 0.3) is 0 Å². The summed E-state index contributed by atoms with van der Waals surface area (Å²) in [6.07, 6.45) is 0.452. The van der Waals surface area contributed by atoms with E-state index in [0.29, 0.717) is 29.9 Å². The van der Waals surface area contributed by atoms with Gasteiger partial charge in [-0.3, -0.25) is 19.2 Å². The first kappa shape index (κ1) is 52.8. The quantitative estimate of drug-likeness (QED) is 0.116. The van der Waals surface area contributed by atoms with Crippen molar-refractivity contribution >= 4 is 29.6 Å². The largest absolute Gasteiger partial charge is 0.497 e. The fourth-order valence-corrected chi connectivity index (χ4v) is 9.35. The van der Waals surface area contributed by atoms with Crippen molar-refractivity contribution in [1.29, 1.82) is 0 Å². The molecule has 0 aromatic heterocycles. The summed E-state index contributed by atoms with van der Waals surface area (Å²) in [5, 5.41) is 8.85. The minimum atomic E-state index is -1.26. The Balaban J connectivity index is 1.54. The van der Waals surface area contributed by atoms with Gasteiger partial charge in [0.15, 0.2) is 0 Å². The van der Waals surface area contributed by atoms with Gasteiger partial charge in [0.25, 0.3) is 0 Å². The van der Waals surface area contributed by atoms with Gasteiger partial charge in [0.05, 0.1) is 56.9 Å². The van der Waals surface area contributed by atoms with Gasteiger partial charge >= 0.3 is 5.97 Å². The van der Waals surface area contributed by atoms with Gasteiger partial charge in [0.1, 0.15) is 36.0 Å². The predicted octanol–water partition coefficient (Wildman–Crippen LogP) is 4.92. The smallest absolute Gasteiger partial charge is 0.329 e. The second-order valence-electron chi connectivity index (χ2n) is 18.3. The minimum absolute atomic E-state index is 0.000926. The summed E-state index contributed by atoms with van der Waals surface area (Å²) in [5.41, 5.74) is 0.779. The van der Waals surface area contributed by atoms with Crippen LogP contribution in [-0.2, 0) is 51.2 Å². The van der Waals surface area contributed by atoms with Gasteiger partial charge in [-0.15, -0.1) is 0 Å². The van der Waals surface area contributed by atoms with E-state index in [9.17, 15) is 28.4 Å². The number of benzene rings is 2. The molecule has 0 bridgehead atoms. The van der Waals surface area contributed by atoms with Crippen molar-refractivity contribution in [3.63, 3.8) is 0 Å². The van der Waals surface area contributed by atoms with Crippen LogP contribution in [0.5, 0.6) is 11.5 Å². The number of likely N-dealkylation sites (tertiary alicyclic amines) is 1. The Labute approximate surface area is 385 Å². The molecule has 8 unspecified atom stereocenters. The normalized spacial score (nSPS) is 20.4. The van der Waals surface area contributed by atoms with Crippen LogP contribution in [0.15, 0.2) is 42.5 Å². The number of hydrogen-bond donors (Lipinski definition) is 3. The van der Waals surface area contributed by atoms with E-state index in [0.717, 1.165) is 6.42 Å². The lowest BCUT2D eigenvalue weighted by Crippen LogP contribution is -2.59. The van der Waals surface area contributed by atoms with Crippen LogP contribution in [-0.4, -0.2) is 130 Å². The highest BCUT2D eigenvalue weighted by Gasteiger charge is 2.57. The molecule has 4 amide bonds. The second kappa shape index (κ2) is 24.1. The van der Waals surface area contributed by atoms with Crippen molar-refractivity contribution in [3.05, 3.63) is 59.4 Å². The Hall–Kier alpha value is -4.80. The highest BCUT2D eigenvalue weighted by atomic mass is 19.1. The molecule has 11 atom stereocenters. The van der Waals surface area contributed by atoms with Gasteiger partial charge in [-0.05, 0) is 67.3 Å². The molecular formula is C49H74FN5O10. The van der Waals surface area contributed by atoms with Gasteiger partial charge in [-0.2, -0.15) is 0 Å². The molecule has 1 heterocycles. The maximum Gasteiger partial charge on any atom is 0.329 e. The van der Waals surface area contributed by atoms with Gasteiger partial charge < -0.3 is 49.4 Å². The molecule has 4 rings (SSSR count). The summed E-state index contributed by atoms with van der Waals surface area (Å²) >= 11 is 0.